The molecule has 1 fully saturated rings. The number of benzene rings is 1. The summed E-state index contributed by atoms with van der Waals surface area (Å²) >= 11 is 0. The van der Waals surface area contributed by atoms with Crippen LogP contribution in [-0.2, 0) is 6.54 Å². The van der Waals surface area contributed by atoms with Gasteiger partial charge in [-0.2, -0.15) is 4.98 Å². The number of aryl methyl sites for hydroxylation is 1. The number of aromatic nitrogens is 3. The maximum atomic E-state index is 5.92. The summed E-state index contributed by atoms with van der Waals surface area (Å²) in [6.07, 6.45) is 6.28. The Labute approximate surface area is 129 Å². The molecule has 1 aromatic carbocycles. The summed E-state index contributed by atoms with van der Waals surface area (Å²) in [4.78, 5) is 11.4. The minimum absolute atomic E-state index is 0.443. The largest absolute Gasteiger partial charge is 0.423 e. The van der Waals surface area contributed by atoms with Gasteiger partial charge in [-0.3, -0.25) is 0 Å². The Morgan fingerprint density at radius 1 is 1.32 bits per heavy atom. The van der Waals surface area contributed by atoms with Crippen molar-refractivity contribution in [3.63, 3.8) is 0 Å². The zero-order chi connectivity index (χ0) is 14.9. The van der Waals surface area contributed by atoms with E-state index in [4.69, 9.17) is 4.42 Å². The molecule has 0 bridgehead atoms. The summed E-state index contributed by atoms with van der Waals surface area (Å²) in [7, 11) is 0. The van der Waals surface area contributed by atoms with Crippen LogP contribution in [0.3, 0.4) is 0 Å². The molecule has 1 aliphatic heterocycles. The fraction of sp³-hybridized carbons (Fsp3) is 0.412. The Hall–Kier alpha value is -2.30. The van der Waals surface area contributed by atoms with Crippen molar-refractivity contribution >= 4 is 17.1 Å². The Morgan fingerprint density at radius 3 is 3.09 bits per heavy atom. The van der Waals surface area contributed by atoms with Crippen LogP contribution < -0.4 is 4.90 Å². The quantitative estimate of drug-likeness (QED) is 0.743. The molecule has 2 aromatic heterocycles. The topological polar surface area (TPSA) is 47.1 Å². The van der Waals surface area contributed by atoms with Gasteiger partial charge in [0, 0.05) is 37.9 Å². The minimum atomic E-state index is 0.443. The van der Waals surface area contributed by atoms with Crippen LogP contribution in [0.1, 0.15) is 31.5 Å². The molecule has 0 spiro atoms. The zero-order valence-electron chi connectivity index (χ0n) is 12.8. The summed E-state index contributed by atoms with van der Waals surface area (Å²) in [5.41, 5.74) is 1.78. The average Bonchev–Trinajstić information content (AvgIpc) is 3.21. The van der Waals surface area contributed by atoms with Crippen LogP contribution in [0.15, 0.2) is 41.1 Å². The first-order valence-corrected chi connectivity index (χ1v) is 7.96. The molecule has 22 heavy (non-hydrogen) atoms. The van der Waals surface area contributed by atoms with Crippen LogP contribution in [0.2, 0.25) is 0 Å². The van der Waals surface area contributed by atoms with E-state index >= 15 is 0 Å². The van der Waals surface area contributed by atoms with Crippen LogP contribution in [0.4, 0.5) is 6.01 Å². The molecule has 0 amide bonds. The third kappa shape index (κ3) is 2.26. The molecule has 5 nitrogen and oxygen atoms in total. The lowest BCUT2D eigenvalue weighted by Crippen LogP contribution is -2.35. The van der Waals surface area contributed by atoms with Crippen molar-refractivity contribution in [2.24, 2.45) is 0 Å². The lowest BCUT2D eigenvalue weighted by molar-refractivity contribution is 0.446. The number of para-hydroxylation sites is 2. The van der Waals surface area contributed by atoms with Crippen molar-refractivity contribution in [3.8, 4) is 0 Å². The molecule has 0 N–H and O–H groups in total. The Kier molecular flexibility index (Phi) is 3.33. The third-order valence-corrected chi connectivity index (χ3v) is 4.43. The van der Waals surface area contributed by atoms with E-state index in [0.717, 1.165) is 43.2 Å². The number of imidazole rings is 1. The number of hydrogen-bond donors (Lipinski definition) is 0. The fourth-order valence-electron chi connectivity index (χ4n) is 3.30. The summed E-state index contributed by atoms with van der Waals surface area (Å²) in [5, 5.41) is 0. The molecule has 0 unspecified atom stereocenters. The fourth-order valence-corrected chi connectivity index (χ4v) is 3.30. The maximum absolute atomic E-state index is 5.92. The number of piperidine rings is 1. The van der Waals surface area contributed by atoms with E-state index in [1.807, 2.05) is 30.5 Å². The van der Waals surface area contributed by atoms with Gasteiger partial charge in [-0.15, -0.1) is 0 Å². The highest BCUT2D eigenvalue weighted by atomic mass is 16.4. The Balaban J connectivity index is 1.60. The van der Waals surface area contributed by atoms with Gasteiger partial charge < -0.3 is 13.9 Å². The van der Waals surface area contributed by atoms with Gasteiger partial charge in [0.05, 0.1) is 0 Å². The van der Waals surface area contributed by atoms with Gasteiger partial charge in [0.1, 0.15) is 11.3 Å². The van der Waals surface area contributed by atoms with Crippen molar-refractivity contribution in [1.29, 1.82) is 0 Å². The second kappa shape index (κ2) is 5.48. The summed E-state index contributed by atoms with van der Waals surface area (Å²) in [6.45, 7) is 5.04. The predicted molar refractivity (Wildman–Crippen MR) is 86.1 cm³/mol. The highest BCUT2D eigenvalue weighted by Gasteiger charge is 2.27. The molecule has 3 aromatic rings. The first kappa shape index (κ1) is 13.4. The smallest absolute Gasteiger partial charge is 0.298 e. The first-order chi connectivity index (χ1) is 10.8. The van der Waals surface area contributed by atoms with Gasteiger partial charge in [-0.25, -0.2) is 4.98 Å². The highest BCUT2D eigenvalue weighted by Crippen LogP contribution is 2.30. The molecule has 4 rings (SSSR count). The zero-order valence-corrected chi connectivity index (χ0v) is 12.8. The first-order valence-electron chi connectivity index (χ1n) is 7.96. The van der Waals surface area contributed by atoms with Gasteiger partial charge in [0.25, 0.3) is 6.01 Å². The number of anilines is 1. The summed E-state index contributed by atoms with van der Waals surface area (Å²) in [5.74, 6) is 1.63. The summed E-state index contributed by atoms with van der Waals surface area (Å²) < 4.78 is 8.15. The van der Waals surface area contributed by atoms with Gasteiger partial charge >= 0.3 is 0 Å². The molecule has 1 saturated heterocycles. The highest BCUT2D eigenvalue weighted by molar-refractivity contribution is 5.74. The monoisotopic (exact) mass is 296 g/mol. The van der Waals surface area contributed by atoms with E-state index in [0.29, 0.717) is 5.92 Å². The molecule has 0 saturated carbocycles. The van der Waals surface area contributed by atoms with E-state index in [-0.39, 0.29) is 0 Å². The number of nitrogens with zero attached hydrogens (tertiary/aromatic N) is 4. The molecular formula is C17H20N4O. The van der Waals surface area contributed by atoms with Crippen LogP contribution in [0, 0.1) is 0 Å². The molecule has 1 aliphatic rings. The van der Waals surface area contributed by atoms with E-state index in [9.17, 15) is 0 Å². The SMILES string of the molecule is CCn1ccnc1[C@H]1CCCN(c2nc3ccccc3o2)C1. The van der Waals surface area contributed by atoms with Crippen LogP contribution in [0.5, 0.6) is 0 Å². The number of fused-ring (bicyclic) bond motifs is 1. The van der Waals surface area contributed by atoms with E-state index in [1.54, 1.807) is 0 Å². The standard InChI is InChI=1S/C17H20N4O/c1-2-20-11-9-18-16(20)13-6-5-10-21(12-13)17-19-14-7-3-4-8-15(14)22-17/h3-4,7-9,11,13H,2,5-6,10,12H2,1H3/t13-/m0/s1. The lowest BCUT2D eigenvalue weighted by Gasteiger charge is -2.31. The van der Waals surface area contributed by atoms with Crippen molar-refractivity contribution < 1.29 is 4.42 Å². The lowest BCUT2D eigenvalue weighted by atomic mass is 9.97. The Morgan fingerprint density at radius 2 is 2.23 bits per heavy atom. The normalized spacial score (nSPS) is 19.0. The van der Waals surface area contributed by atoms with E-state index in [1.165, 1.54) is 12.2 Å². The number of hydrogen-bond acceptors (Lipinski definition) is 4. The molecule has 114 valence electrons. The minimum Gasteiger partial charge on any atom is -0.423 e. The van der Waals surface area contributed by atoms with Gasteiger partial charge in [-0.1, -0.05) is 12.1 Å². The van der Waals surface area contributed by atoms with Crippen molar-refractivity contribution in [3.05, 3.63) is 42.5 Å². The van der Waals surface area contributed by atoms with E-state index < -0.39 is 0 Å². The van der Waals surface area contributed by atoms with Crippen LogP contribution in [-0.4, -0.2) is 27.6 Å². The molecule has 1 atom stereocenters. The van der Waals surface area contributed by atoms with Crippen molar-refractivity contribution in [2.45, 2.75) is 32.2 Å². The Bertz CT molecular complexity index is 743. The van der Waals surface area contributed by atoms with Crippen molar-refractivity contribution in [2.75, 3.05) is 18.0 Å². The molecule has 0 aliphatic carbocycles. The van der Waals surface area contributed by atoms with Gasteiger partial charge in [-0.05, 0) is 31.9 Å². The maximum Gasteiger partial charge on any atom is 0.298 e. The molecule has 3 heterocycles. The second-order valence-corrected chi connectivity index (χ2v) is 5.82. The van der Waals surface area contributed by atoms with Crippen molar-refractivity contribution in [1.82, 2.24) is 14.5 Å². The molecule has 0 radical (unpaired) electrons. The predicted octanol–water partition coefficient (Wildman–Crippen LogP) is 3.43. The molecule has 5 heteroatoms. The van der Waals surface area contributed by atoms with Crippen LogP contribution in [0.25, 0.3) is 11.1 Å². The number of rotatable bonds is 3. The van der Waals surface area contributed by atoms with Gasteiger partial charge in [0.15, 0.2) is 5.58 Å². The number of oxazole rings is 1. The third-order valence-electron chi connectivity index (χ3n) is 4.43. The second-order valence-electron chi connectivity index (χ2n) is 5.82. The van der Waals surface area contributed by atoms with E-state index in [2.05, 4.69) is 32.6 Å². The van der Waals surface area contributed by atoms with Crippen LogP contribution >= 0.6 is 0 Å². The van der Waals surface area contributed by atoms with Gasteiger partial charge in [0.2, 0.25) is 0 Å². The summed E-state index contributed by atoms with van der Waals surface area (Å²) in [6, 6.07) is 8.67. The average molecular weight is 296 g/mol. The molecular weight excluding hydrogens is 276 g/mol.